The summed E-state index contributed by atoms with van der Waals surface area (Å²) in [7, 11) is 0. The minimum absolute atomic E-state index is 0.131. The number of H-pyrrole nitrogens is 1. The van der Waals surface area contributed by atoms with Gasteiger partial charge < -0.3 is 10.6 Å². The highest BCUT2D eigenvalue weighted by atomic mass is 16.2. The van der Waals surface area contributed by atoms with Gasteiger partial charge in [0.2, 0.25) is 5.91 Å². The van der Waals surface area contributed by atoms with Gasteiger partial charge in [-0.1, -0.05) is 0 Å². The Bertz CT molecular complexity index is 890. The van der Waals surface area contributed by atoms with Crippen molar-refractivity contribution in [2.75, 3.05) is 17.2 Å². The molecule has 0 fully saturated rings. The maximum atomic E-state index is 11.3. The van der Waals surface area contributed by atoms with Gasteiger partial charge in [0, 0.05) is 11.8 Å². The van der Waals surface area contributed by atoms with E-state index >= 15 is 0 Å². The number of carbonyl (C=O) groups excluding carboxylic acids is 1. The van der Waals surface area contributed by atoms with E-state index in [1.54, 1.807) is 12.4 Å². The number of nitrogens with one attached hydrogen (secondary N) is 3. The number of nitrogens with zero attached hydrogens (tertiary/aromatic N) is 5. The molecule has 3 aromatic heterocycles. The normalized spacial score (nSPS) is 13.2. The summed E-state index contributed by atoms with van der Waals surface area (Å²) in [4.78, 5) is 28.6. The first-order valence-corrected chi connectivity index (χ1v) is 6.94. The van der Waals surface area contributed by atoms with Gasteiger partial charge in [0.25, 0.3) is 0 Å². The lowest BCUT2D eigenvalue weighted by Crippen LogP contribution is -2.28. The Balaban J connectivity index is 1.72. The van der Waals surface area contributed by atoms with Gasteiger partial charge in [-0.3, -0.25) is 14.9 Å². The highest BCUT2D eigenvalue weighted by molar-refractivity contribution is 5.98. The smallest absolute Gasteiger partial charge is 0.244 e. The van der Waals surface area contributed by atoms with Gasteiger partial charge in [0.15, 0.2) is 17.5 Å². The molecule has 0 radical (unpaired) electrons. The summed E-state index contributed by atoms with van der Waals surface area (Å²) in [5.41, 5.74) is 3.24. The van der Waals surface area contributed by atoms with E-state index in [2.05, 4.69) is 40.8 Å². The molecule has 4 rings (SSSR count). The Labute approximate surface area is 130 Å². The largest absolute Gasteiger partial charge is 0.358 e. The van der Waals surface area contributed by atoms with Crippen molar-refractivity contribution in [2.45, 2.75) is 6.92 Å². The van der Waals surface area contributed by atoms with Gasteiger partial charge >= 0.3 is 0 Å². The van der Waals surface area contributed by atoms with Crippen LogP contribution in [0.25, 0.3) is 22.8 Å². The van der Waals surface area contributed by atoms with Crippen LogP contribution in [0.5, 0.6) is 0 Å². The quantitative estimate of drug-likeness (QED) is 0.645. The number of amides is 1. The van der Waals surface area contributed by atoms with Crippen LogP contribution in [0.15, 0.2) is 24.8 Å². The zero-order valence-electron chi connectivity index (χ0n) is 12.2. The second-order valence-corrected chi connectivity index (χ2v) is 5.07. The summed E-state index contributed by atoms with van der Waals surface area (Å²) in [5, 5.41) is 12.2. The predicted molar refractivity (Wildman–Crippen MR) is 82.5 cm³/mol. The molecule has 114 valence electrons. The maximum Gasteiger partial charge on any atom is 0.244 e. The van der Waals surface area contributed by atoms with Crippen molar-refractivity contribution in [1.82, 2.24) is 30.1 Å². The summed E-state index contributed by atoms with van der Waals surface area (Å²) < 4.78 is 0. The zero-order chi connectivity index (χ0) is 15.8. The Kier molecular flexibility index (Phi) is 2.97. The minimum Gasteiger partial charge on any atom is -0.358 e. The van der Waals surface area contributed by atoms with Crippen LogP contribution in [0.2, 0.25) is 0 Å². The molecule has 1 aliphatic rings. The lowest BCUT2D eigenvalue weighted by molar-refractivity contribution is -0.114. The number of pyridine rings is 1. The molecule has 3 N–H and O–H groups in total. The van der Waals surface area contributed by atoms with Crippen LogP contribution in [-0.2, 0) is 4.79 Å². The SMILES string of the molecule is Cc1cc(-c2ncn[nH]2)ncc1-c1cnc2c(n1)NCC(=O)N2. The molecule has 9 heteroatoms. The van der Waals surface area contributed by atoms with Gasteiger partial charge in [-0.25, -0.2) is 15.0 Å². The molecule has 0 saturated carbocycles. The number of aromatic amines is 1. The molecular weight excluding hydrogens is 296 g/mol. The fourth-order valence-corrected chi connectivity index (χ4v) is 2.36. The number of carbonyl (C=O) groups is 1. The van der Waals surface area contributed by atoms with Crippen LogP contribution in [0, 0.1) is 6.92 Å². The maximum absolute atomic E-state index is 11.3. The van der Waals surface area contributed by atoms with Crippen molar-refractivity contribution in [3.8, 4) is 22.8 Å². The third-order valence-electron chi connectivity index (χ3n) is 3.49. The molecule has 1 aliphatic heterocycles. The molecule has 0 aromatic carbocycles. The Hall–Kier alpha value is -3.36. The standard InChI is InChI=1S/C14H12N8O/c1-7-2-9(12-18-6-19-22-12)15-3-8(7)10-4-16-14-13(20-10)17-5-11(23)21-14/h2-4,6H,5H2,1H3,(H,17,20)(H,16,21,23)(H,18,19,22). The van der Waals surface area contributed by atoms with Crippen molar-refractivity contribution in [3.63, 3.8) is 0 Å². The van der Waals surface area contributed by atoms with E-state index in [1.165, 1.54) is 6.33 Å². The highest BCUT2D eigenvalue weighted by Gasteiger charge is 2.18. The Morgan fingerprint density at radius 3 is 2.78 bits per heavy atom. The highest BCUT2D eigenvalue weighted by Crippen LogP contribution is 2.27. The van der Waals surface area contributed by atoms with Gasteiger partial charge in [-0.05, 0) is 18.6 Å². The number of anilines is 2. The molecule has 23 heavy (non-hydrogen) atoms. The van der Waals surface area contributed by atoms with Crippen LogP contribution >= 0.6 is 0 Å². The number of rotatable bonds is 2. The molecule has 0 spiro atoms. The molecule has 0 aliphatic carbocycles. The van der Waals surface area contributed by atoms with E-state index in [0.717, 1.165) is 11.1 Å². The van der Waals surface area contributed by atoms with E-state index < -0.39 is 0 Å². The van der Waals surface area contributed by atoms with E-state index in [1.807, 2.05) is 13.0 Å². The first-order chi connectivity index (χ1) is 11.2. The van der Waals surface area contributed by atoms with Crippen molar-refractivity contribution < 1.29 is 4.79 Å². The minimum atomic E-state index is -0.131. The average Bonchev–Trinajstić information content (AvgIpc) is 3.09. The van der Waals surface area contributed by atoms with Crippen LogP contribution in [-0.4, -0.2) is 42.6 Å². The number of fused-ring (bicyclic) bond motifs is 1. The van der Waals surface area contributed by atoms with Crippen molar-refractivity contribution in [1.29, 1.82) is 0 Å². The van der Waals surface area contributed by atoms with Crippen molar-refractivity contribution in [2.24, 2.45) is 0 Å². The fourth-order valence-electron chi connectivity index (χ4n) is 2.36. The molecule has 0 bridgehead atoms. The topological polar surface area (TPSA) is 121 Å². The molecule has 0 unspecified atom stereocenters. The number of hydrogen-bond acceptors (Lipinski definition) is 7. The van der Waals surface area contributed by atoms with Crippen LogP contribution in [0.3, 0.4) is 0 Å². The monoisotopic (exact) mass is 308 g/mol. The Morgan fingerprint density at radius 2 is 2.00 bits per heavy atom. The second kappa shape index (κ2) is 5.13. The summed E-state index contributed by atoms with van der Waals surface area (Å²) in [6.45, 7) is 2.15. The van der Waals surface area contributed by atoms with Crippen LogP contribution in [0.1, 0.15) is 5.56 Å². The number of hydrogen-bond donors (Lipinski definition) is 3. The molecule has 4 heterocycles. The summed E-state index contributed by atoms with van der Waals surface area (Å²) in [6, 6.07) is 1.91. The lowest BCUT2D eigenvalue weighted by atomic mass is 10.1. The van der Waals surface area contributed by atoms with E-state index in [9.17, 15) is 4.79 Å². The predicted octanol–water partition coefficient (Wildman–Crippen LogP) is 0.996. The fraction of sp³-hybridized carbons (Fsp3) is 0.143. The van der Waals surface area contributed by atoms with Crippen LogP contribution < -0.4 is 10.6 Å². The Morgan fingerprint density at radius 1 is 1.09 bits per heavy atom. The van der Waals surface area contributed by atoms with E-state index in [-0.39, 0.29) is 12.5 Å². The van der Waals surface area contributed by atoms with Crippen molar-refractivity contribution >= 4 is 17.5 Å². The van der Waals surface area contributed by atoms with Gasteiger partial charge in [0.1, 0.15) is 12.0 Å². The molecule has 1 amide bonds. The number of aryl methyl sites for hydroxylation is 1. The third-order valence-corrected chi connectivity index (χ3v) is 3.49. The molecule has 9 nitrogen and oxygen atoms in total. The zero-order valence-corrected chi connectivity index (χ0v) is 12.2. The third kappa shape index (κ3) is 2.37. The first-order valence-electron chi connectivity index (χ1n) is 6.94. The van der Waals surface area contributed by atoms with Gasteiger partial charge in [-0.15, -0.1) is 0 Å². The lowest BCUT2D eigenvalue weighted by Gasteiger charge is -2.17. The molecule has 0 saturated heterocycles. The summed E-state index contributed by atoms with van der Waals surface area (Å²) >= 11 is 0. The second-order valence-electron chi connectivity index (χ2n) is 5.07. The first kappa shape index (κ1) is 13.3. The van der Waals surface area contributed by atoms with Crippen LogP contribution in [0.4, 0.5) is 11.6 Å². The molecule has 0 atom stereocenters. The van der Waals surface area contributed by atoms with E-state index in [0.29, 0.717) is 28.8 Å². The molecule has 3 aromatic rings. The van der Waals surface area contributed by atoms with E-state index in [4.69, 9.17) is 0 Å². The molecular formula is C14H12N8O. The van der Waals surface area contributed by atoms with Crippen molar-refractivity contribution in [3.05, 3.63) is 30.4 Å². The average molecular weight is 308 g/mol. The summed E-state index contributed by atoms with van der Waals surface area (Å²) in [5.74, 6) is 1.48. The van der Waals surface area contributed by atoms with Gasteiger partial charge in [-0.2, -0.15) is 5.10 Å². The number of aromatic nitrogens is 6. The summed E-state index contributed by atoms with van der Waals surface area (Å²) in [6.07, 6.45) is 4.78. The van der Waals surface area contributed by atoms with Gasteiger partial charge in [0.05, 0.1) is 18.4 Å².